The second-order valence-electron chi connectivity index (χ2n) is 5.90. The molecule has 1 heterocycles. The maximum Gasteiger partial charge on any atom is 0.0492 e. The van der Waals surface area contributed by atoms with Gasteiger partial charge in [0.1, 0.15) is 0 Å². The monoisotopic (exact) mass is 249 g/mol. The molecule has 0 saturated heterocycles. The number of rotatable bonds is 5. The zero-order valence-corrected chi connectivity index (χ0v) is 12.0. The molecule has 0 bridgehead atoms. The maximum absolute atomic E-state index is 4.24. The third-order valence-corrected chi connectivity index (χ3v) is 4.63. The van der Waals surface area contributed by atoms with Gasteiger partial charge in [-0.1, -0.05) is 19.8 Å². The van der Waals surface area contributed by atoms with Crippen LogP contribution in [0.3, 0.4) is 0 Å². The molecular weight excluding hydrogens is 222 g/mol. The number of hydrogen-bond donors (Lipinski definition) is 1. The summed E-state index contributed by atoms with van der Waals surface area (Å²) in [7, 11) is 4.15. The highest BCUT2D eigenvalue weighted by Gasteiger charge is 2.24. The van der Waals surface area contributed by atoms with Crippen molar-refractivity contribution in [1.29, 1.82) is 0 Å². The molecule has 0 aromatic carbocycles. The number of aryl methyl sites for hydroxylation is 2. The molecule has 102 valence electrons. The van der Waals surface area contributed by atoms with Crippen molar-refractivity contribution in [2.45, 2.75) is 51.5 Å². The van der Waals surface area contributed by atoms with Gasteiger partial charge in [-0.25, -0.2) is 0 Å². The Bertz CT molecular complexity index is 350. The van der Waals surface area contributed by atoms with E-state index in [4.69, 9.17) is 0 Å². The highest BCUT2D eigenvalue weighted by atomic mass is 15.2. The highest BCUT2D eigenvalue weighted by molar-refractivity contribution is 5.00. The van der Waals surface area contributed by atoms with Crippen LogP contribution >= 0.6 is 0 Å². The minimum atomic E-state index is 0.674. The maximum atomic E-state index is 4.24. The Hall–Kier alpha value is -0.830. The van der Waals surface area contributed by atoms with E-state index in [9.17, 15) is 0 Å². The van der Waals surface area contributed by atoms with Gasteiger partial charge >= 0.3 is 0 Å². The molecule has 1 aromatic rings. The summed E-state index contributed by atoms with van der Waals surface area (Å²) in [5.74, 6) is 1.82. The SMILES string of the molecule is CNC(CCc1ccnn1C)C1CCC(C)CC1. The van der Waals surface area contributed by atoms with Crippen molar-refractivity contribution < 1.29 is 0 Å². The molecule has 3 heteroatoms. The van der Waals surface area contributed by atoms with Crippen LogP contribution in [0.15, 0.2) is 12.3 Å². The molecule has 1 fully saturated rings. The van der Waals surface area contributed by atoms with E-state index in [0.717, 1.165) is 18.3 Å². The van der Waals surface area contributed by atoms with Crippen LogP contribution in [0.25, 0.3) is 0 Å². The lowest BCUT2D eigenvalue weighted by Crippen LogP contribution is -2.36. The van der Waals surface area contributed by atoms with Crippen LogP contribution in [0.2, 0.25) is 0 Å². The average Bonchev–Trinajstić information content (AvgIpc) is 2.78. The van der Waals surface area contributed by atoms with E-state index < -0.39 is 0 Å². The number of nitrogens with zero attached hydrogens (tertiary/aromatic N) is 2. The van der Waals surface area contributed by atoms with Gasteiger partial charge in [-0.3, -0.25) is 4.68 Å². The minimum absolute atomic E-state index is 0.674. The zero-order valence-electron chi connectivity index (χ0n) is 12.0. The molecule has 1 N–H and O–H groups in total. The lowest BCUT2D eigenvalue weighted by atomic mass is 9.78. The lowest BCUT2D eigenvalue weighted by Gasteiger charge is -2.32. The molecule has 0 amide bonds. The molecule has 3 nitrogen and oxygen atoms in total. The van der Waals surface area contributed by atoms with E-state index in [1.54, 1.807) is 0 Å². The molecule has 0 spiro atoms. The fraction of sp³-hybridized carbons (Fsp3) is 0.800. The third kappa shape index (κ3) is 3.35. The van der Waals surface area contributed by atoms with E-state index in [2.05, 4.69) is 30.5 Å². The Morgan fingerprint density at radius 1 is 1.39 bits per heavy atom. The van der Waals surface area contributed by atoms with Gasteiger partial charge in [-0.2, -0.15) is 5.10 Å². The fourth-order valence-electron chi connectivity index (χ4n) is 3.25. The second-order valence-corrected chi connectivity index (χ2v) is 5.90. The topological polar surface area (TPSA) is 29.9 Å². The largest absolute Gasteiger partial charge is 0.317 e. The van der Waals surface area contributed by atoms with Crippen molar-refractivity contribution in [3.05, 3.63) is 18.0 Å². The van der Waals surface area contributed by atoms with E-state index in [0.29, 0.717) is 6.04 Å². The van der Waals surface area contributed by atoms with Gasteiger partial charge < -0.3 is 5.32 Å². The molecule has 1 aromatic heterocycles. The molecule has 1 unspecified atom stereocenters. The molecule has 1 saturated carbocycles. The van der Waals surface area contributed by atoms with Crippen molar-refractivity contribution in [3.8, 4) is 0 Å². The van der Waals surface area contributed by atoms with E-state index >= 15 is 0 Å². The van der Waals surface area contributed by atoms with Crippen LogP contribution in [0.5, 0.6) is 0 Å². The first kappa shape index (κ1) is 13.6. The van der Waals surface area contributed by atoms with Gasteiger partial charge in [0.25, 0.3) is 0 Å². The Labute approximate surface area is 111 Å². The lowest BCUT2D eigenvalue weighted by molar-refractivity contribution is 0.228. The minimum Gasteiger partial charge on any atom is -0.317 e. The first-order valence-corrected chi connectivity index (χ1v) is 7.35. The van der Waals surface area contributed by atoms with Gasteiger partial charge in [0.05, 0.1) is 0 Å². The molecule has 0 radical (unpaired) electrons. The van der Waals surface area contributed by atoms with Crippen molar-refractivity contribution in [2.24, 2.45) is 18.9 Å². The van der Waals surface area contributed by atoms with Crippen molar-refractivity contribution in [2.75, 3.05) is 7.05 Å². The molecule has 1 atom stereocenters. The molecule has 2 rings (SSSR count). The van der Waals surface area contributed by atoms with Crippen LogP contribution in [0, 0.1) is 11.8 Å². The standard InChI is InChI=1S/C15H27N3/c1-12-4-6-13(7-5-12)15(16-2)9-8-14-10-11-17-18(14)3/h10-13,15-16H,4-9H2,1-3H3. The van der Waals surface area contributed by atoms with Crippen LogP contribution in [-0.4, -0.2) is 22.9 Å². The summed E-state index contributed by atoms with van der Waals surface area (Å²) in [5.41, 5.74) is 1.35. The summed E-state index contributed by atoms with van der Waals surface area (Å²) in [6.45, 7) is 2.39. The Morgan fingerprint density at radius 2 is 2.11 bits per heavy atom. The molecule has 1 aliphatic rings. The predicted octanol–water partition coefficient (Wildman–Crippen LogP) is 2.77. The van der Waals surface area contributed by atoms with Crippen LogP contribution in [0.1, 0.15) is 44.7 Å². The van der Waals surface area contributed by atoms with Gasteiger partial charge in [0.15, 0.2) is 0 Å². The van der Waals surface area contributed by atoms with Crippen molar-refractivity contribution in [3.63, 3.8) is 0 Å². The summed E-state index contributed by atoms with van der Waals surface area (Å²) in [4.78, 5) is 0. The number of hydrogen-bond acceptors (Lipinski definition) is 2. The number of aromatic nitrogens is 2. The second kappa shape index (κ2) is 6.37. The third-order valence-electron chi connectivity index (χ3n) is 4.63. The first-order valence-electron chi connectivity index (χ1n) is 7.35. The van der Waals surface area contributed by atoms with E-state index in [1.807, 2.05) is 17.9 Å². The first-order chi connectivity index (χ1) is 8.70. The van der Waals surface area contributed by atoms with Crippen LogP contribution in [0.4, 0.5) is 0 Å². The zero-order chi connectivity index (χ0) is 13.0. The predicted molar refractivity (Wildman–Crippen MR) is 75.5 cm³/mol. The molecule has 18 heavy (non-hydrogen) atoms. The Kier molecular flexibility index (Phi) is 4.81. The Balaban J connectivity index is 1.84. The fourth-order valence-corrected chi connectivity index (χ4v) is 3.25. The smallest absolute Gasteiger partial charge is 0.0492 e. The van der Waals surface area contributed by atoms with Crippen molar-refractivity contribution in [1.82, 2.24) is 15.1 Å². The summed E-state index contributed by atoms with van der Waals surface area (Å²) < 4.78 is 2.00. The van der Waals surface area contributed by atoms with Gasteiger partial charge in [-0.05, 0) is 50.6 Å². The van der Waals surface area contributed by atoms with Gasteiger partial charge in [0, 0.05) is 25.0 Å². The van der Waals surface area contributed by atoms with E-state index in [1.165, 1.54) is 37.8 Å². The Morgan fingerprint density at radius 3 is 2.67 bits per heavy atom. The average molecular weight is 249 g/mol. The highest BCUT2D eigenvalue weighted by Crippen LogP contribution is 2.31. The normalized spacial score (nSPS) is 26.2. The van der Waals surface area contributed by atoms with Gasteiger partial charge in [0.2, 0.25) is 0 Å². The van der Waals surface area contributed by atoms with Crippen LogP contribution < -0.4 is 5.32 Å². The molecular formula is C15H27N3. The van der Waals surface area contributed by atoms with Crippen molar-refractivity contribution >= 4 is 0 Å². The summed E-state index contributed by atoms with van der Waals surface area (Å²) in [6, 6.07) is 2.81. The summed E-state index contributed by atoms with van der Waals surface area (Å²) in [6.07, 6.45) is 9.88. The molecule has 1 aliphatic carbocycles. The molecule has 0 aliphatic heterocycles. The summed E-state index contributed by atoms with van der Waals surface area (Å²) in [5, 5.41) is 7.78. The van der Waals surface area contributed by atoms with Gasteiger partial charge in [-0.15, -0.1) is 0 Å². The summed E-state index contributed by atoms with van der Waals surface area (Å²) >= 11 is 0. The van der Waals surface area contributed by atoms with E-state index in [-0.39, 0.29) is 0 Å². The number of nitrogens with one attached hydrogen (secondary N) is 1. The van der Waals surface area contributed by atoms with Crippen LogP contribution in [-0.2, 0) is 13.5 Å². The quantitative estimate of drug-likeness (QED) is 0.869.